The zero-order chi connectivity index (χ0) is 8.77. The molecule has 2 saturated heterocycles. The van der Waals surface area contributed by atoms with Crippen molar-refractivity contribution in [1.29, 1.82) is 0 Å². The normalized spacial score (nSPS) is 34.5. The fourth-order valence-electron chi connectivity index (χ4n) is 1.81. The summed E-state index contributed by atoms with van der Waals surface area (Å²) in [5.74, 6) is -0.232. The molecule has 3 heteroatoms. The molecule has 2 fully saturated rings. The summed E-state index contributed by atoms with van der Waals surface area (Å²) in [7, 11) is 0. The standard InChI is InChI=1S/C9H17NO2/c1-7(2)10-5-9(6-10)11-4-8(3)12-9/h7-8H,4-6H2,1-3H3. The summed E-state index contributed by atoms with van der Waals surface area (Å²) in [6.45, 7) is 9.10. The van der Waals surface area contributed by atoms with Gasteiger partial charge in [0, 0.05) is 6.04 Å². The van der Waals surface area contributed by atoms with Crippen LogP contribution in [0.3, 0.4) is 0 Å². The Hall–Kier alpha value is -0.120. The van der Waals surface area contributed by atoms with Gasteiger partial charge in [-0.2, -0.15) is 0 Å². The van der Waals surface area contributed by atoms with Crippen LogP contribution in [0.2, 0.25) is 0 Å². The van der Waals surface area contributed by atoms with Gasteiger partial charge in [0.2, 0.25) is 0 Å². The molecule has 0 aliphatic carbocycles. The summed E-state index contributed by atoms with van der Waals surface area (Å²) < 4.78 is 11.3. The first-order valence-corrected chi connectivity index (χ1v) is 4.67. The number of likely N-dealkylation sites (tertiary alicyclic amines) is 1. The van der Waals surface area contributed by atoms with Crippen molar-refractivity contribution in [3.05, 3.63) is 0 Å². The molecule has 0 N–H and O–H groups in total. The van der Waals surface area contributed by atoms with Gasteiger partial charge >= 0.3 is 0 Å². The third-order valence-corrected chi connectivity index (χ3v) is 2.62. The highest BCUT2D eigenvalue weighted by atomic mass is 16.8. The van der Waals surface area contributed by atoms with Crippen molar-refractivity contribution in [1.82, 2.24) is 4.90 Å². The van der Waals surface area contributed by atoms with Crippen LogP contribution in [0.4, 0.5) is 0 Å². The number of nitrogens with zero attached hydrogens (tertiary/aromatic N) is 1. The first-order chi connectivity index (χ1) is 5.61. The molecule has 0 radical (unpaired) electrons. The summed E-state index contributed by atoms with van der Waals surface area (Å²) >= 11 is 0. The van der Waals surface area contributed by atoms with Gasteiger partial charge in [0.05, 0.1) is 25.8 Å². The van der Waals surface area contributed by atoms with Crippen LogP contribution in [0.25, 0.3) is 0 Å². The number of rotatable bonds is 1. The van der Waals surface area contributed by atoms with E-state index in [9.17, 15) is 0 Å². The van der Waals surface area contributed by atoms with Crippen LogP contribution in [0.5, 0.6) is 0 Å². The third-order valence-electron chi connectivity index (χ3n) is 2.62. The summed E-state index contributed by atoms with van der Waals surface area (Å²) in [6, 6.07) is 0.610. The van der Waals surface area contributed by atoms with E-state index in [0.717, 1.165) is 19.7 Å². The number of hydrogen-bond acceptors (Lipinski definition) is 3. The van der Waals surface area contributed by atoms with Crippen molar-refractivity contribution in [3.63, 3.8) is 0 Å². The van der Waals surface area contributed by atoms with E-state index >= 15 is 0 Å². The fraction of sp³-hybridized carbons (Fsp3) is 1.00. The van der Waals surface area contributed by atoms with E-state index in [2.05, 4.69) is 25.7 Å². The van der Waals surface area contributed by atoms with Gasteiger partial charge in [-0.1, -0.05) is 0 Å². The van der Waals surface area contributed by atoms with Crippen LogP contribution in [-0.2, 0) is 9.47 Å². The van der Waals surface area contributed by atoms with E-state index in [1.165, 1.54) is 0 Å². The molecule has 0 bridgehead atoms. The summed E-state index contributed by atoms with van der Waals surface area (Å²) in [4.78, 5) is 2.36. The lowest BCUT2D eigenvalue weighted by Gasteiger charge is -2.48. The fourth-order valence-corrected chi connectivity index (χ4v) is 1.81. The Labute approximate surface area is 73.6 Å². The maximum absolute atomic E-state index is 5.70. The Morgan fingerprint density at radius 2 is 2.08 bits per heavy atom. The predicted molar refractivity (Wildman–Crippen MR) is 45.9 cm³/mol. The number of hydrogen-bond donors (Lipinski definition) is 0. The van der Waals surface area contributed by atoms with Crippen LogP contribution in [-0.4, -0.2) is 42.5 Å². The molecule has 2 aliphatic rings. The van der Waals surface area contributed by atoms with E-state index in [-0.39, 0.29) is 11.9 Å². The Kier molecular flexibility index (Phi) is 1.90. The van der Waals surface area contributed by atoms with Crippen molar-refractivity contribution in [3.8, 4) is 0 Å². The largest absolute Gasteiger partial charge is 0.345 e. The molecule has 0 aromatic heterocycles. The topological polar surface area (TPSA) is 21.7 Å². The molecule has 0 saturated carbocycles. The van der Waals surface area contributed by atoms with Gasteiger partial charge in [-0.05, 0) is 20.8 Å². The smallest absolute Gasteiger partial charge is 0.194 e. The molecule has 2 rings (SSSR count). The van der Waals surface area contributed by atoms with Crippen LogP contribution < -0.4 is 0 Å². The third kappa shape index (κ3) is 1.26. The molecule has 0 aromatic rings. The molecule has 1 spiro atoms. The maximum atomic E-state index is 5.70. The first-order valence-electron chi connectivity index (χ1n) is 4.67. The lowest BCUT2D eigenvalue weighted by molar-refractivity contribution is -0.250. The van der Waals surface area contributed by atoms with Crippen molar-refractivity contribution in [2.24, 2.45) is 0 Å². The van der Waals surface area contributed by atoms with E-state index in [1.807, 2.05) is 0 Å². The first kappa shape index (κ1) is 8.48. The average Bonchev–Trinajstić information content (AvgIpc) is 2.27. The van der Waals surface area contributed by atoms with Gasteiger partial charge in [-0.25, -0.2) is 0 Å². The molecule has 2 aliphatic heterocycles. The molecule has 2 heterocycles. The molecule has 12 heavy (non-hydrogen) atoms. The van der Waals surface area contributed by atoms with E-state index in [1.54, 1.807) is 0 Å². The summed E-state index contributed by atoms with van der Waals surface area (Å²) in [5, 5.41) is 0. The Bertz CT molecular complexity index is 175. The highest BCUT2D eigenvalue weighted by molar-refractivity contribution is 4.94. The zero-order valence-electron chi connectivity index (χ0n) is 8.04. The summed E-state index contributed by atoms with van der Waals surface area (Å²) in [6.07, 6.45) is 0.277. The molecular formula is C9H17NO2. The van der Waals surface area contributed by atoms with Crippen LogP contribution in [0, 0.1) is 0 Å². The second-order valence-electron chi connectivity index (χ2n) is 4.15. The minimum absolute atomic E-state index is 0.232. The quantitative estimate of drug-likeness (QED) is 0.583. The monoisotopic (exact) mass is 171 g/mol. The van der Waals surface area contributed by atoms with Gasteiger partial charge in [-0.15, -0.1) is 0 Å². The van der Waals surface area contributed by atoms with Crippen molar-refractivity contribution in [2.45, 2.75) is 38.7 Å². The second kappa shape index (κ2) is 2.69. The highest BCUT2D eigenvalue weighted by Gasteiger charge is 2.50. The lowest BCUT2D eigenvalue weighted by atomic mass is 10.1. The molecular weight excluding hydrogens is 154 g/mol. The summed E-state index contributed by atoms with van der Waals surface area (Å²) in [5.41, 5.74) is 0. The van der Waals surface area contributed by atoms with Crippen LogP contribution >= 0.6 is 0 Å². The van der Waals surface area contributed by atoms with Crippen molar-refractivity contribution < 1.29 is 9.47 Å². The van der Waals surface area contributed by atoms with E-state index in [4.69, 9.17) is 9.47 Å². The van der Waals surface area contributed by atoms with E-state index < -0.39 is 0 Å². The Balaban J connectivity index is 1.87. The Morgan fingerprint density at radius 3 is 2.50 bits per heavy atom. The molecule has 70 valence electrons. The molecule has 0 aromatic carbocycles. The second-order valence-corrected chi connectivity index (χ2v) is 4.15. The van der Waals surface area contributed by atoms with Crippen LogP contribution in [0.15, 0.2) is 0 Å². The lowest BCUT2D eigenvalue weighted by Crippen LogP contribution is -2.64. The van der Waals surface area contributed by atoms with Gasteiger partial charge in [0.25, 0.3) is 0 Å². The molecule has 0 amide bonds. The van der Waals surface area contributed by atoms with Gasteiger partial charge in [-0.3, -0.25) is 4.90 Å². The van der Waals surface area contributed by atoms with Gasteiger partial charge in [0.15, 0.2) is 5.79 Å². The highest BCUT2D eigenvalue weighted by Crippen LogP contribution is 2.33. The van der Waals surface area contributed by atoms with Crippen molar-refractivity contribution >= 4 is 0 Å². The van der Waals surface area contributed by atoms with Gasteiger partial charge < -0.3 is 9.47 Å². The molecule has 1 unspecified atom stereocenters. The van der Waals surface area contributed by atoms with Crippen molar-refractivity contribution in [2.75, 3.05) is 19.7 Å². The SMILES string of the molecule is CC1COC2(CN(C(C)C)C2)O1. The average molecular weight is 171 g/mol. The maximum Gasteiger partial charge on any atom is 0.194 e. The molecule has 1 atom stereocenters. The predicted octanol–water partition coefficient (Wildman–Crippen LogP) is 0.842. The van der Waals surface area contributed by atoms with Gasteiger partial charge in [0.1, 0.15) is 0 Å². The number of ether oxygens (including phenoxy) is 2. The minimum Gasteiger partial charge on any atom is -0.345 e. The zero-order valence-corrected chi connectivity index (χ0v) is 8.04. The molecule has 3 nitrogen and oxygen atoms in total. The van der Waals surface area contributed by atoms with Crippen LogP contribution in [0.1, 0.15) is 20.8 Å². The van der Waals surface area contributed by atoms with E-state index in [0.29, 0.717) is 6.04 Å². The Morgan fingerprint density at radius 1 is 1.42 bits per heavy atom. The minimum atomic E-state index is -0.232.